The molecule has 1 atom stereocenters. The number of hydrogen-bond acceptors (Lipinski definition) is 4. The van der Waals surface area contributed by atoms with E-state index in [4.69, 9.17) is 4.74 Å². The fourth-order valence-electron chi connectivity index (χ4n) is 3.53. The van der Waals surface area contributed by atoms with Crippen LogP contribution < -0.4 is 20.7 Å². The number of urea groups is 1. The normalized spacial score (nSPS) is 15.5. The van der Waals surface area contributed by atoms with Crippen molar-refractivity contribution >= 4 is 17.6 Å². The largest absolute Gasteiger partial charge is 0.504 e. The Hall–Kier alpha value is -4.26. The van der Waals surface area contributed by atoms with Crippen LogP contribution in [-0.2, 0) is 11.4 Å². The van der Waals surface area contributed by atoms with Gasteiger partial charge >= 0.3 is 6.03 Å². The van der Waals surface area contributed by atoms with Crippen LogP contribution in [0.15, 0.2) is 90.1 Å². The maximum Gasteiger partial charge on any atom is 0.319 e. The van der Waals surface area contributed by atoms with Crippen LogP contribution in [0, 0.1) is 0 Å². The summed E-state index contributed by atoms with van der Waals surface area (Å²) in [5.74, 6) is -0.105. The van der Waals surface area contributed by atoms with Crippen molar-refractivity contribution in [2.45, 2.75) is 19.6 Å². The number of nitrogens with one attached hydrogen (secondary N) is 3. The van der Waals surface area contributed by atoms with Gasteiger partial charge < -0.3 is 25.8 Å². The maximum atomic E-state index is 13.1. The Balaban J connectivity index is 1.61. The highest BCUT2D eigenvalue weighted by atomic mass is 16.5. The number of rotatable bonds is 6. The van der Waals surface area contributed by atoms with E-state index in [1.807, 2.05) is 48.5 Å². The van der Waals surface area contributed by atoms with Gasteiger partial charge in [-0.1, -0.05) is 54.6 Å². The molecule has 4 N–H and O–H groups in total. The second-order valence-electron chi connectivity index (χ2n) is 7.39. The fourth-order valence-corrected chi connectivity index (χ4v) is 3.53. The molecule has 32 heavy (non-hydrogen) atoms. The monoisotopic (exact) mass is 429 g/mol. The summed E-state index contributed by atoms with van der Waals surface area (Å²) in [5, 5.41) is 18.6. The second kappa shape index (κ2) is 9.26. The van der Waals surface area contributed by atoms with Gasteiger partial charge in [0.1, 0.15) is 6.61 Å². The summed E-state index contributed by atoms with van der Waals surface area (Å²) in [6.45, 7) is 1.95. The van der Waals surface area contributed by atoms with Crippen LogP contribution in [0.2, 0.25) is 0 Å². The number of amides is 3. The van der Waals surface area contributed by atoms with E-state index in [0.29, 0.717) is 22.5 Å². The third-order valence-electron chi connectivity index (χ3n) is 5.10. The molecule has 1 heterocycles. The lowest BCUT2D eigenvalue weighted by Gasteiger charge is -2.29. The van der Waals surface area contributed by atoms with Crippen LogP contribution in [-0.4, -0.2) is 17.0 Å². The Labute approximate surface area is 185 Å². The molecule has 3 amide bonds. The van der Waals surface area contributed by atoms with Crippen molar-refractivity contribution in [1.82, 2.24) is 10.6 Å². The van der Waals surface area contributed by atoms with Crippen molar-refractivity contribution in [2.75, 3.05) is 5.32 Å². The average molecular weight is 429 g/mol. The summed E-state index contributed by atoms with van der Waals surface area (Å²) >= 11 is 0. The Morgan fingerprint density at radius 3 is 2.44 bits per heavy atom. The molecule has 0 aliphatic carbocycles. The molecule has 0 fully saturated rings. The van der Waals surface area contributed by atoms with E-state index in [1.54, 1.807) is 31.2 Å². The Kier molecular flexibility index (Phi) is 6.07. The van der Waals surface area contributed by atoms with Crippen LogP contribution in [0.25, 0.3) is 0 Å². The predicted octanol–water partition coefficient (Wildman–Crippen LogP) is 4.24. The van der Waals surface area contributed by atoms with Crippen LogP contribution in [0.5, 0.6) is 11.5 Å². The quantitative estimate of drug-likeness (QED) is 0.471. The zero-order valence-corrected chi connectivity index (χ0v) is 17.5. The van der Waals surface area contributed by atoms with Crippen molar-refractivity contribution in [3.63, 3.8) is 0 Å². The highest BCUT2D eigenvalue weighted by Crippen LogP contribution is 2.34. The van der Waals surface area contributed by atoms with Gasteiger partial charge in [0.2, 0.25) is 0 Å². The number of phenols is 1. The van der Waals surface area contributed by atoms with E-state index < -0.39 is 12.1 Å². The van der Waals surface area contributed by atoms with Crippen LogP contribution in [0.4, 0.5) is 10.5 Å². The van der Waals surface area contributed by atoms with Crippen molar-refractivity contribution in [1.29, 1.82) is 0 Å². The minimum absolute atomic E-state index is 0.0269. The molecule has 7 nitrogen and oxygen atoms in total. The lowest BCUT2D eigenvalue weighted by Crippen LogP contribution is -2.45. The van der Waals surface area contributed by atoms with E-state index >= 15 is 0 Å². The molecular formula is C25H23N3O4. The van der Waals surface area contributed by atoms with Crippen LogP contribution in [0.3, 0.4) is 0 Å². The number of aromatic hydroxyl groups is 1. The van der Waals surface area contributed by atoms with Gasteiger partial charge in [0.25, 0.3) is 5.91 Å². The number of ether oxygens (including phenoxy) is 1. The van der Waals surface area contributed by atoms with Gasteiger partial charge in [0.15, 0.2) is 11.5 Å². The van der Waals surface area contributed by atoms with E-state index in [-0.39, 0.29) is 24.0 Å². The molecule has 0 spiro atoms. The molecular weight excluding hydrogens is 406 g/mol. The minimum atomic E-state index is -0.716. The Morgan fingerprint density at radius 2 is 1.72 bits per heavy atom. The minimum Gasteiger partial charge on any atom is -0.504 e. The third-order valence-corrected chi connectivity index (χ3v) is 5.10. The Bertz CT molecular complexity index is 1160. The smallest absolute Gasteiger partial charge is 0.319 e. The first-order valence-electron chi connectivity index (χ1n) is 10.2. The summed E-state index contributed by atoms with van der Waals surface area (Å²) in [4.78, 5) is 25.3. The number of hydrogen-bond donors (Lipinski definition) is 4. The average Bonchev–Trinajstić information content (AvgIpc) is 2.79. The molecule has 1 aliphatic rings. The molecule has 0 radical (unpaired) electrons. The molecule has 3 aromatic carbocycles. The molecule has 0 bridgehead atoms. The highest BCUT2D eigenvalue weighted by Gasteiger charge is 2.31. The number of benzene rings is 3. The Morgan fingerprint density at radius 1 is 1.03 bits per heavy atom. The molecule has 1 unspecified atom stereocenters. The molecule has 3 aromatic rings. The van der Waals surface area contributed by atoms with E-state index in [1.165, 1.54) is 6.07 Å². The summed E-state index contributed by atoms with van der Waals surface area (Å²) < 4.78 is 5.80. The second-order valence-corrected chi connectivity index (χ2v) is 7.39. The number of carbonyl (C=O) groups excluding carboxylic acids is 2. The van der Waals surface area contributed by atoms with Gasteiger partial charge in [-0.2, -0.15) is 0 Å². The molecule has 0 saturated carbocycles. The van der Waals surface area contributed by atoms with Gasteiger partial charge in [0.05, 0.1) is 11.6 Å². The fraction of sp³-hybridized carbons (Fsp3) is 0.120. The number of allylic oxidation sites excluding steroid dienone is 1. The number of phenolic OH excluding ortho intramolecular Hbond substituents is 1. The first kappa shape index (κ1) is 21.0. The van der Waals surface area contributed by atoms with Crippen LogP contribution in [0.1, 0.15) is 24.1 Å². The number of carbonyl (C=O) groups is 2. The van der Waals surface area contributed by atoms with E-state index in [2.05, 4.69) is 16.0 Å². The van der Waals surface area contributed by atoms with Gasteiger partial charge in [0, 0.05) is 11.4 Å². The van der Waals surface area contributed by atoms with Gasteiger partial charge in [-0.3, -0.25) is 4.79 Å². The van der Waals surface area contributed by atoms with E-state index in [0.717, 1.165) is 5.56 Å². The third kappa shape index (κ3) is 4.73. The first-order chi connectivity index (χ1) is 15.5. The SMILES string of the molecule is CC1=C(C(=O)Nc2ccccc2)C(c2ccc(O)c(OCc3ccccc3)c2)NC(=O)N1. The summed E-state index contributed by atoms with van der Waals surface area (Å²) in [6.07, 6.45) is 0. The van der Waals surface area contributed by atoms with Gasteiger partial charge in [-0.15, -0.1) is 0 Å². The summed E-state index contributed by atoms with van der Waals surface area (Å²) in [6, 6.07) is 22.3. The van der Waals surface area contributed by atoms with Crippen LogP contribution >= 0.6 is 0 Å². The molecule has 0 aromatic heterocycles. The summed E-state index contributed by atoms with van der Waals surface area (Å²) in [7, 11) is 0. The lowest BCUT2D eigenvalue weighted by molar-refractivity contribution is -0.113. The zero-order chi connectivity index (χ0) is 22.5. The lowest BCUT2D eigenvalue weighted by atomic mass is 9.94. The highest BCUT2D eigenvalue weighted by molar-refractivity contribution is 6.06. The maximum absolute atomic E-state index is 13.1. The molecule has 0 saturated heterocycles. The van der Waals surface area contributed by atoms with Crippen molar-refractivity contribution in [3.8, 4) is 11.5 Å². The molecule has 162 valence electrons. The van der Waals surface area contributed by atoms with Gasteiger partial charge in [-0.25, -0.2) is 4.79 Å². The molecule has 7 heteroatoms. The predicted molar refractivity (Wildman–Crippen MR) is 121 cm³/mol. The van der Waals surface area contributed by atoms with Crippen molar-refractivity contribution < 1.29 is 19.4 Å². The van der Waals surface area contributed by atoms with Crippen molar-refractivity contribution in [2.24, 2.45) is 0 Å². The summed E-state index contributed by atoms with van der Waals surface area (Å²) in [5.41, 5.74) is 3.02. The van der Waals surface area contributed by atoms with Crippen molar-refractivity contribution in [3.05, 3.63) is 101 Å². The first-order valence-corrected chi connectivity index (χ1v) is 10.2. The number of para-hydroxylation sites is 1. The van der Waals surface area contributed by atoms with Gasteiger partial charge in [-0.05, 0) is 42.3 Å². The number of anilines is 1. The molecule has 1 aliphatic heterocycles. The molecule has 4 rings (SSSR count). The van der Waals surface area contributed by atoms with E-state index in [9.17, 15) is 14.7 Å². The zero-order valence-electron chi connectivity index (χ0n) is 17.5. The standard InChI is InChI=1S/C25H23N3O4/c1-16-22(24(30)27-19-10-6-3-7-11-19)23(28-25(31)26-16)18-12-13-20(29)21(14-18)32-15-17-8-4-2-5-9-17/h2-14,23,29H,15H2,1H3,(H,27,30)(H2,26,28,31). The topological polar surface area (TPSA) is 99.7 Å².